The third-order valence-corrected chi connectivity index (χ3v) is 4.20. The maximum Gasteiger partial charge on any atom is 0.249 e. The van der Waals surface area contributed by atoms with E-state index in [1.54, 1.807) is 12.4 Å². The molecule has 1 aliphatic rings. The largest absolute Gasteiger partial charge is 0.493 e. The van der Waals surface area contributed by atoms with Crippen LogP contribution in [0.2, 0.25) is 0 Å². The summed E-state index contributed by atoms with van der Waals surface area (Å²) in [6.45, 7) is 0.627. The second-order valence-electron chi connectivity index (χ2n) is 5.87. The molecule has 1 amide bonds. The number of hydrogen-bond donors (Lipinski definition) is 2. The molecule has 0 radical (unpaired) electrons. The number of H-pyrrole nitrogens is 1. The van der Waals surface area contributed by atoms with Gasteiger partial charge in [0.2, 0.25) is 11.9 Å². The summed E-state index contributed by atoms with van der Waals surface area (Å²) in [5.41, 5.74) is 1.94. The minimum atomic E-state index is -0.109. The van der Waals surface area contributed by atoms with E-state index in [1.165, 1.54) is 0 Å². The van der Waals surface area contributed by atoms with Gasteiger partial charge in [-0.05, 0) is 36.1 Å². The van der Waals surface area contributed by atoms with Gasteiger partial charge in [0, 0.05) is 24.4 Å². The Hall–Kier alpha value is -3.22. The van der Waals surface area contributed by atoms with Crippen molar-refractivity contribution >= 4 is 11.9 Å². The molecule has 1 atom stereocenters. The Bertz CT molecular complexity index is 878. The zero-order chi connectivity index (χ0) is 17.1. The predicted octanol–water partition coefficient (Wildman–Crippen LogP) is 2.76. The van der Waals surface area contributed by atoms with Crippen LogP contribution in [-0.4, -0.2) is 32.7 Å². The molecule has 0 saturated heterocycles. The maximum atomic E-state index is 12.4. The van der Waals surface area contributed by atoms with Crippen molar-refractivity contribution in [3.63, 3.8) is 0 Å². The summed E-state index contributed by atoms with van der Waals surface area (Å²) in [6.07, 6.45) is 4.55. The first-order chi connectivity index (χ1) is 12.3. The number of pyridine rings is 1. The first-order valence-electron chi connectivity index (χ1n) is 8.14. The van der Waals surface area contributed by atoms with Gasteiger partial charge in [-0.15, -0.1) is 5.10 Å². The van der Waals surface area contributed by atoms with Gasteiger partial charge in [0.1, 0.15) is 5.75 Å². The molecule has 126 valence electrons. The molecule has 0 unspecified atom stereocenters. The second-order valence-corrected chi connectivity index (χ2v) is 5.87. The number of rotatable bonds is 4. The molecule has 0 bridgehead atoms. The van der Waals surface area contributed by atoms with Gasteiger partial charge < -0.3 is 4.74 Å². The van der Waals surface area contributed by atoms with Gasteiger partial charge in [-0.25, -0.2) is 0 Å². The van der Waals surface area contributed by atoms with E-state index >= 15 is 0 Å². The van der Waals surface area contributed by atoms with Crippen LogP contribution in [0.25, 0.3) is 11.4 Å². The number of benzene rings is 1. The van der Waals surface area contributed by atoms with Crippen molar-refractivity contribution in [1.29, 1.82) is 0 Å². The number of nitrogens with zero attached hydrogens (tertiary/aromatic N) is 3. The number of aromatic amines is 1. The van der Waals surface area contributed by atoms with Crippen LogP contribution in [0.4, 0.5) is 5.95 Å². The molecule has 2 aromatic heterocycles. The van der Waals surface area contributed by atoms with E-state index in [-0.39, 0.29) is 17.8 Å². The Labute approximate surface area is 144 Å². The number of anilines is 1. The van der Waals surface area contributed by atoms with Crippen LogP contribution in [0.15, 0.2) is 48.8 Å². The lowest BCUT2D eigenvalue weighted by atomic mass is 9.90. The number of carbonyl (C=O) groups excluding carboxylic acids is 1. The van der Waals surface area contributed by atoms with Gasteiger partial charge in [-0.2, -0.15) is 4.98 Å². The van der Waals surface area contributed by atoms with Crippen LogP contribution in [0.3, 0.4) is 0 Å². The van der Waals surface area contributed by atoms with Crippen molar-refractivity contribution in [3.8, 4) is 17.1 Å². The fourth-order valence-electron chi connectivity index (χ4n) is 2.98. The highest BCUT2D eigenvalue weighted by molar-refractivity contribution is 5.89. The molecule has 0 aliphatic carbocycles. The summed E-state index contributed by atoms with van der Waals surface area (Å²) in [4.78, 5) is 20.7. The highest BCUT2D eigenvalue weighted by atomic mass is 16.5. The van der Waals surface area contributed by atoms with E-state index in [9.17, 15) is 4.79 Å². The van der Waals surface area contributed by atoms with Crippen LogP contribution >= 0.6 is 0 Å². The van der Waals surface area contributed by atoms with Crippen LogP contribution in [-0.2, 0) is 4.79 Å². The van der Waals surface area contributed by atoms with E-state index in [2.05, 4.69) is 25.5 Å². The van der Waals surface area contributed by atoms with Gasteiger partial charge in [0.25, 0.3) is 0 Å². The fraction of sp³-hybridized carbons (Fsp3) is 0.222. The molecule has 25 heavy (non-hydrogen) atoms. The zero-order valence-corrected chi connectivity index (χ0v) is 13.5. The lowest BCUT2D eigenvalue weighted by molar-refractivity contribution is -0.116. The summed E-state index contributed by atoms with van der Waals surface area (Å²) in [6, 6.07) is 11.5. The summed E-state index contributed by atoms with van der Waals surface area (Å²) in [5, 5.41) is 9.64. The third kappa shape index (κ3) is 3.35. The highest BCUT2D eigenvalue weighted by Crippen LogP contribution is 2.35. The first kappa shape index (κ1) is 15.3. The molecule has 0 fully saturated rings. The summed E-state index contributed by atoms with van der Waals surface area (Å²) in [5.74, 6) is 1.77. The quantitative estimate of drug-likeness (QED) is 0.765. The monoisotopic (exact) mass is 335 g/mol. The first-order valence-corrected chi connectivity index (χ1v) is 8.14. The van der Waals surface area contributed by atoms with Gasteiger partial charge in [-0.3, -0.25) is 20.2 Å². The Morgan fingerprint density at radius 2 is 2.08 bits per heavy atom. The molecule has 3 aromatic rings. The molecular formula is C18H17N5O2. The summed E-state index contributed by atoms with van der Waals surface area (Å²) >= 11 is 0. The molecule has 0 saturated carbocycles. The molecule has 7 nitrogen and oxygen atoms in total. The van der Waals surface area contributed by atoms with Crippen molar-refractivity contribution in [2.24, 2.45) is 0 Å². The molecule has 4 rings (SSSR count). The van der Waals surface area contributed by atoms with Crippen molar-refractivity contribution in [1.82, 2.24) is 20.2 Å². The predicted molar refractivity (Wildman–Crippen MR) is 92.2 cm³/mol. The van der Waals surface area contributed by atoms with Crippen molar-refractivity contribution in [3.05, 3.63) is 54.4 Å². The highest BCUT2D eigenvalue weighted by Gasteiger charge is 2.24. The van der Waals surface area contributed by atoms with Crippen LogP contribution < -0.4 is 10.1 Å². The minimum Gasteiger partial charge on any atom is -0.493 e. The number of fused-ring (bicyclic) bond motifs is 1. The van der Waals surface area contributed by atoms with E-state index in [4.69, 9.17) is 4.74 Å². The Balaban J connectivity index is 1.43. The molecule has 0 spiro atoms. The molecular weight excluding hydrogens is 318 g/mol. The molecule has 3 heterocycles. The van der Waals surface area contributed by atoms with Crippen LogP contribution in [0, 0.1) is 0 Å². The molecule has 7 heteroatoms. The average molecular weight is 335 g/mol. The zero-order valence-electron chi connectivity index (χ0n) is 13.5. The van der Waals surface area contributed by atoms with Crippen LogP contribution in [0.1, 0.15) is 24.3 Å². The van der Waals surface area contributed by atoms with E-state index in [1.807, 2.05) is 36.4 Å². The van der Waals surface area contributed by atoms with Crippen LogP contribution in [0.5, 0.6) is 5.75 Å². The van der Waals surface area contributed by atoms with E-state index < -0.39 is 0 Å². The molecule has 2 N–H and O–H groups in total. The van der Waals surface area contributed by atoms with Crippen molar-refractivity contribution in [2.75, 3.05) is 11.9 Å². The second kappa shape index (κ2) is 6.72. The lowest BCUT2D eigenvalue weighted by Crippen LogP contribution is -2.21. The molecule has 1 aliphatic heterocycles. The van der Waals surface area contributed by atoms with E-state index in [0.29, 0.717) is 18.9 Å². The topological polar surface area (TPSA) is 92.8 Å². The smallest absolute Gasteiger partial charge is 0.249 e. The summed E-state index contributed by atoms with van der Waals surface area (Å²) < 4.78 is 5.64. The fourth-order valence-corrected chi connectivity index (χ4v) is 2.98. The van der Waals surface area contributed by atoms with Gasteiger partial charge in [-0.1, -0.05) is 18.2 Å². The summed E-state index contributed by atoms with van der Waals surface area (Å²) in [7, 11) is 0. The number of aromatic nitrogens is 4. The minimum absolute atomic E-state index is 0.109. The Kier molecular flexibility index (Phi) is 4.12. The van der Waals surface area contributed by atoms with Gasteiger partial charge in [0.15, 0.2) is 5.82 Å². The number of ether oxygens (including phenoxy) is 1. The number of carbonyl (C=O) groups is 1. The van der Waals surface area contributed by atoms with E-state index in [0.717, 1.165) is 23.3 Å². The maximum absolute atomic E-state index is 12.4. The Morgan fingerprint density at radius 1 is 1.24 bits per heavy atom. The van der Waals surface area contributed by atoms with Gasteiger partial charge >= 0.3 is 0 Å². The number of hydrogen-bond acceptors (Lipinski definition) is 5. The normalized spacial score (nSPS) is 15.9. The SMILES string of the molecule is O=C(C[C@H]1CCOc2ccccc21)Nc1n[nH]c(-c2ccncc2)n1. The molecule has 1 aromatic carbocycles. The lowest BCUT2D eigenvalue weighted by Gasteiger charge is -2.25. The number of para-hydroxylation sites is 1. The standard InChI is InChI=1S/C18H17N5O2/c24-16(11-13-7-10-25-15-4-2-1-3-14(13)15)20-18-21-17(22-23-18)12-5-8-19-9-6-12/h1-6,8-9,13H,7,10-11H2,(H2,20,21,22,23,24)/t13-/m1/s1. The van der Waals surface area contributed by atoms with Crippen molar-refractivity contribution in [2.45, 2.75) is 18.8 Å². The third-order valence-electron chi connectivity index (χ3n) is 4.20. The number of nitrogens with one attached hydrogen (secondary N) is 2. The average Bonchev–Trinajstić information content (AvgIpc) is 3.11. The van der Waals surface area contributed by atoms with Crippen molar-refractivity contribution < 1.29 is 9.53 Å². The Morgan fingerprint density at radius 3 is 2.96 bits per heavy atom. The van der Waals surface area contributed by atoms with Gasteiger partial charge in [0.05, 0.1) is 6.61 Å². The number of amides is 1.